The quantitative estimate of drug-likeness (QED) is 0.0843. The zero-order chi connectivity index (χ0) is 33.3. The Bertz CT molecular complexity index is 1130. The predicted octanol–water partition coefficient (Wildman–Crippen LogP) is 13.4. The van der Waals surface area contributed by atoms with Crippen LogP contribution in [0.1, 0.15) is 180 Å². The molecule has 2 aromatic carbocycles. The predicted molar refractivity (Wildman–Crippen MR) is 202 cm³/mol. The summed E-state index contributed by atoms with van der Waals surface area (Å²) in [6.45, 7) is 6.42. The standard InChI is InChI=1S/C40H67NO3S2/c1-4-5-6-7-8-9-10-11-12-13-14-15-16-17-18-19-20-21-22-23-24-25-26-33-46(43,44)41-36-27-29-37(30-28-36)45-38-31-32-40(42)39(34-38)35(2)3/h27-32,34-35,41-42H,4-26,33H2,1-3H3. The maximum Gasteiger partial charge on any atom is 0.232 e. The van der Waals surface area contributed by atoms with Gasteiger partial charge in [-0.05, 0) is 60.4 Å². The Morgan fingerprint density at radius 1 is 0.587 bits per heavy atom. The Balaban J connectivity index is 1.40. The van der Waals surface area contributed by atoms with Crippen molar-refractivity contribution in [3.63, 3.8) is 0 Å². The van der Waals surface area contributed by atoms with E-state index in [0.717, 1.165) is 28.2 Å². The monoisotopic (exact) mass is 673 g/mol. The van der Waals surface area contributed by atoms with Crippen LogP contribution in [0.15, 0.2) is 52.3 Å². The molecule has 4 nitrogen and oxygen atoms in total. The lowest BCUT2D eigenvalue weighted by molar-refractivity contribution is 0.464. The van der Waals surface area contributed by atoms with E-state index in [2.05, 4.69) is 25.5 Å². The van der Waals surface area contributed by atoms with Crippen LogP contribution in [0.3, 0.4) is 0 Å². The maximum atomic E-state index is 12.6. The van der Waals surface area contributed by atoms with Crippen LogP contribution in [0.25, 0.3) is 0 Å². The third kappa shape index (κ3) is 19.9. The minimum Gasteiger partial charge on any atom is -0.508 e. The van der Waals surface area contributed by atoms with E-state index in [1.165, 1.54) is 128 Å². The van der Waals surface area contributed by atoms with Gasteiger partial charge in [-0.25, -0.2) is 8.42 Å². The number of hydrogen-bond donors (Lipinski definition) is 2. The van der Waals surface area contributed by atoms with Gasteiger partial charge in [0.15, 0.2) is 0 Å². The van der Waals surface area contributed by atoms with Gasteiger partial charge in [0.2, 0.25) is 10.0 Å². The second kappa shape index (κ2) is 25.4. The number of benzene rings is 2. The second-order valence-electron chi connectivity index (χ2n) is 13.7. The summed E-state index contributed by atoms with van der Waals surface area (Å²) >= 11 is 1.60. The Labute approximate surface area is 288 Å². The van der Waals surface area contributed by atoms with E-state index < -0.39 is 10.0 Å². The van der Waals surface area contributed by atoms with Gasteiger partial charge in [0, 0.05) is 15.5 Å². The number of aromatic hydroxyl groups is 1. The van der Waals surface area contributed by atoms with E-state index in [1.807, 2.05) is 36.4 Å². The first kappa shape index (κ1) is 40.5. The highest BCUT2D eigenvalue weighted by Crippen LogP contribution is 2.34. The number of sulfonamides is 1. The molecule has 2 aromatic rings. The molecule has 0 saturated heterocycles. The summed E-state index contributed by atoms with van der Waals surface area (Å²) in [4.78, 5) is 2.08. The van der Waals surface area contributed by atoms with E-state index in [9.17, 15) is 13.5 Å². The molecule has 2 rings (SSSR count). The highest BCUT2D eigenvalue weighted by atomic mass is 32.2. The van der Waals surface area contributed by atoms with Gasteiger partial charge >= 0.3 is 0 Å². The van der Waals surface area contributed by atoms with Crippen molar-refractivity contribution in [3.05, 3.63) is 48.0 Å². The largest absolute Gasteiger partial charge is 0.508 e. The topological polar surface area (TPSA) is 66.4 Å². The minimum absolute atomic E-state index is 0.175. The molecule has 262 valence electrons. The lowest BCUT2D eigenvalue weighted by Crippen LogP contribution is -2.16. The van der Waals surface area contributed by atoms with Gasteiger partial charge in [-0.3, -0.25) is 4.72 Å². The maximum absolute atomic E-state index is 12.6. The van der Waals surface area contributed by atoms with E-state index in [0.29, 0.717) is 17.9 Å². The molecule has 6 heteroatoms. The van der Waals surface area contributed by atoms with Gasteiger partial charge in [-0.2, -0.15) is 0 Å². The number of anilines is 1. The molecule has 0 unspecified atom stereocenters. The van der Waals surface area contributed by atoms with Gasteiger partial charge in [-0.1, -0.05) is 174 Å². The van der Waals surface area contributed by atoms with Crippen LogP contribution in [-0.2, 0) is 10.0 Å². The molecule has 0 amide bonds. The number of rotatable bonds is 29. The molecule has 0 aliphatic carbocycles. The van der Waals surface area contributed by atoms with Gasteiger partial charge in [0.25, 0.3) is 0 Å². The summed E-state index contributed by atoms with van der Waals surface area (Å²) < 4.78 is 27.9. The van der Waals surface area contributed by atoms with Gasteiger partial charge in [0.1, 0.15) is 5.75 Å². The fourth-order valence-corrected chi connectivity index (χ4v) is 8.14. The Morgan fingerprint density at radius 2 is 0.978 bits per heavy atom. The highest BCUT2D eigenvalue weighted by molar-refractivity contribution is 7.99. The number of unbranched alkanes of at least 4 members (excludes halogenated alkanes) is 22. The third-order valence-electron chi connectivity index (χ3n) is 9.00. The van der Waals surface area contributed by atoms with Crippen molar-refractivity contribution in [2.24, 2.45) is 0 Å². The third-order valence-corrected chi connectivity index (χ3v) is 11.4. The van der Waals surface area contributed by atoms with E-state index in [-0.39, 0.29) is 11.7 Å². The van der Waals surface area contributed by atoms with Gasteiger partial charge in [0.05, 0.1) is 5.75 Å². The van der Waals surface area contributed by atoms with Crippen molar-refractivity contribution in [2.75, 3.05) is 10.5 Å². The fourth-order valence-electron chi connectivity index (χ4n) is 6.09. The Hall–Kier alpha value is -1.66. The zero-order valence-corrected chi connectivity index (χ0v) is 31.3. The van der Waals surface area contributed by atoms with Crippen LogP contribution in [-0.4, -0.2) is 19.3 Å². The van der Waals surface area contributed by atoms with Crippen molar-refractivity contribution in [2.45, 2.75) is 184 Å². The lowest BCUT2D eigenvalue weighted by Gasteiger charge is -2.11. The molecule has 0 heterocycles. The summed E-state index contributed by atoms with van der Waals surface area (Å²) in [7, 11) is -3.34. The first-order chi connectivity index (χ1) is 22.3. The molecule has 0 saturated carbocycles. The lowest BCUT2D eigenvalue weighted by atomic mass is 10.0. The molecule has 0 aromatic heterocycles. The molecule has 2 N–H and O–H groups in total. The summed E-state index contributed by atoms with van der Waals surface area (Å²) in [6.07, 6.45) is 30.7. The number of phenols is 1. The molecule has 46 heavy (non-hydrogen) atoms. The van der Waals surface area contributed by atoms with E-state index in [1.54, 1.807) is 17.8 Å². The van der Waals surface area contributed by atoms with Crippen LogP contribution in [0.5, 0.6) is 5.75 Å². The van der Waals surface area contributed by atoms with E-state index in [4.69, 9.17) is 0 Å². The highest BCUT2D eigenvalue weighted by Gasteiger charge is 2.11. The second-order valence-corrected chi connectivity index (χ2v) is 16.7. The molecule has 0 atom stereocenters. The minimum atomic E-state index is -3.34. The van der Waals surface area contributed by atoms with Crippen LogP contribution >= 0.6 is 11.8 Å². The van der Waals surface area contributed by atoms with Gasteiger partial charge < -0.3 is 5.11 Å². The molecule has 0 aliphatic heterocycles. The van der Waals surface area contributed by atoms with E-state index >= 15 is 0 Å². The summed E-state index contributed by atoms with van der Waals surface area (Å²) in [5.74, 6) is 0.745. The van der Waals surface area contributed by atoms with Crippen molar-refractivity contribution < 1.29 is 13.5 Å². The number of hydrogen-bond acceptors (Lipinski definition) is 4. The fraction of sp³-hybridized carbons (Fsp3) is 0.700. The Morgan fingerprint density at radius 3 is 1.39 bits per heavy atom. The van der Waals surface area contributed by atoms with Crippen molar-refractivity contribution in [3.8, 4) is 5.75 Å². The molecule has 0 aliphatic rings. The molecule has 0 spiro atoms. The average molecular weight is 674 g/mol. The van der Waals surface area contributed by atoms with Crippen LogP contribution in [0.4, 0.5) is 5.69 Å². The zero-order valence-electron chi connectivity index (χ0n) is 29.7. The summed E-state index contributed by atoms with van der Waals surface area (Å²) in [6, 6.07) is 13.2. The number of nitrogens with one attached hydrogen (secondary N) is 1. The first-order valence-corrected chi connectivity index (χ1v) is 21.4. The molecular weight excluding hydrogens is 607 g/mol. The summed E-state index contributed by atoms with van der Waals surface area (Å²) in [5.41, 5.74) is 1.53. The van der Waals surface area contributed by atoms with Crippen molar-refractivity contribution >= 4 is 27.5 Å². The van der Waals surface area contributed by atoms with Crippen LogP contribution in [0.2, 0.25) is 0 Å². The van der Waals surface area contributed by atoms with Crippen molar-refractivity contribution in [1.29, 1.82) is 0 Å². The first-order valence-electron chi connectivity index (χ1n) is 18.9. The van der Waals surface area contributed by atoms with Crippen LogP contribution in [0, 0.1) is 0 Å². The van der Waals surface area contributed by atoms with Crippen molar-refractivity contribution in [1.82, 2.24) is 0 Å². The normalized spacial score (nSPS) is 11.8. The molecule has 0 radical (unpaired) electrons. The smallest absolute Gasteiger partial charge is 0.232 e. The molecule has 0 fully saturated rings. The van der Waals surface area contributed by atoms with Crippen LogP contribution < -0.4 is 4.72 Å². The molecular formula is C40H67NO3S2. The average Bonchev–Trinajstić information content (AvgIpc) is 3.03. The Kier molecular flexibility index (Phi) is 22.3. The molecule has 0 bridgehead atoms. The summed E-state index contributed by atoms with van der Waals surface area (Å²) in [5, 5.41) is 10.1. The SMILES string of the molecule is CCCCCCCCCCCCCCCCCCCCCCCCCS(=O)(=O)Nc1ccc(Sc2ccc(O)c(C(C)C)c2)cc1. The number of phenolic OH excluding ortho intramolecular Hbond substituents is 1. The van der Waals surface area contributed by atoms with Gasteiger partial charge in [-0.15, -0.1) is 0 Å².